The van der Waals surface area contributed by atoms with Gasteiger partial charge < -0.3 is 10.1 Å². The highest BCUT2D eigenvalue weighted by atomic mass is 19.2. The first-order chi connectivity index (χ1) is 15.1. The summed E-state index contributed by atoms with van der Waals surface area (Å²) >= 11 is 0. The number of rotatable bonds is 2. The van der Waals surface area contributed by atoms with Crippen molar-refractivity contribution >= 4 is 33.7 Å². The zero-order chi connectivity index (χ0) is 23.2. The fraction of sp³-hybridized carbons (Fsp3) is 0.208. The van der Waals surface area contributed by atoms with Gasteiger partial charge in [0.1, 0.15) is 11.3 Å². The lowest BCUT2D eigenvalue weighted by Crippen LogP contribution is -2.31. The Hall–Kier alpha value is -3.81. The molecule has 0 unspecified atom stereocenters. The maximum Gasteiger partial charge on any atom is 0.419 e. The molecule has 0 saturated heterocycles. The summed E-state index contributed by atoms with van der Waals surface area (Å²) in [6.45, 7) is 5.01. The smallest absolute Gasteiger partial charge is 0.419 e. The Morgan fingerprint density at radius 3 is 2.41 bits per heavy atom. The van der Waals surface area contributed by atoms with Crippen LogP contribution in [0.5, 0.6) is 0 Å². The molecular formula is C24H21F2N3O3. The van der Waals surface area contributed by atoms with Crippen molar-refractivity contribution in [2.45, 2.75) is 26.4 Å². The Morgan fingerprint density at radius 1 is 1.03 bits per heavy atom. The van der Waals surface area contributed by atoms with E-state index in [9.17, 15) is 18.4 Å². The molecule has 0 aliphatic heterocycles. The third-order valence-corrected chi connectivity index (χ3v) is 4.94. The monoisotopic (exact) mass is 437 g/mol. The summed E-state index contributed by atoms with van der Waals surface area (Å²) in [6.07, 6.45) is 0.667. The van der Waals surface area contributed by atoms with Crippen molar-refractivity contribution in [1.82, 2.24) is 14.9 Å². The Labute approximate surface area is 182 Å². The largest absolute Gasteiger partial charge is 0.443 e. The molecule has 0 fully saturated rings. The molecule has 32 heavy (non-hydrogen) atoms. The Morgan fingerprint density at radius 2 is 1.72 bits per heavy atom. The van der Waals surface area contributed by atoms with Gasteiger partial charge >= 0.3 is 6.09 Å². The minimum Gasteiger partial charge on any atom is -0.443 e. The third kappa shape index (κ3) is 3.57. The van der Waals surface area contributed by atoms with E-state index in [4.69, 9.17) is 4.74 Å². The number of aromatic nitrogens is 2. The molecule has 0 spiro atoms. The lowest BCUT2D eigenvalue weighted by atomic mass is 10.0. The molecule has 0 radical (unpaired) electrons. The summed E-state index contributed by atoms with van der Waals surface area (Å²) in [4.78, 5) is 30.6. The molecule has 0 aliphatic rings. The predicted molar refractivity (Wildman–Crippen MR) is 118 cm³/mol. The van der Waals surface area contributed by atoms with E-state index in [0.29, 0.717) is 11.1 Å². The lowest BCUT2D eigenvalue weighted by molar-refractivity contribution is 0.0534. The molecule has 2 aromatic heterocycles. The highest BCUT2D eigenvalue weighted by Crippen LogP contribution is 2.38. The molecule has 4 aromatic rings. The van der Waals surface area contributed by atoms with Crippen molar-refractivity contribution in [2.24, 2.45) is 0 Å². The normalized spacial score (nSPS) is 11.7. The van der Waals surface area contributed by atoms with E-state index >= 15 is 0 Å². The van der Waals surface area contributed by atoms with Gasteiger partial charge in [-0.3, -0.25) is 9.78 Å². The summed E-state index contributed by atoms with van der Waals surface area (Å²) in [5, 5.41) is 4.19. The molecule has 0 atom stereocenters. The SMILES string of the molecule is CNC(=O)c1c(-c2nccc3ccccc23)c2cc(F)c(F)cc2n1C(=O)OC(C)(C)C. The van der Waals surface area contributed by atoms with Crippen LogP contribution in [0.4, 0.5) is 13.6 Å². The van der Waals surface area contributed by atoms with Gasteiger partial charge in [-0.1, -0.05) is 24.3 Å². The molecule has 0 saturated carbocycles. The molecule has 2 heterocycles. The van der Waals surface area contributed by atoms with E-state index in [1.54, 1.807) is 39.1 Å². The van der Waals surface area contributed by atoms with Crippen molar-refractivity contribution in [3.63, 3.8) is 0 Å². The molecule has 0 bridgehead atoms. The zero-order valence-electron chi connectivity index (χ0n) is 18.0. The second-order valence-electron chi connectivity index (χ2n) is 8.28. The Balaban J connectivity index is 2.18. The molecule has 1 N–H and O–H groups in total. The van der Waals surface area contributed by atoms with Crippen LogP contribution in [0, 0.1) is 11.6 Å². The molecule has 2 aromatic carbocycles. The number of fused-ring (bicyclic) bond motifs is 2. The van der Waals surface area contributed by atoms with Crippen LogP contribution in [0.15, 0.2) is 48.7 Å². The maximum atomic E-state index is 14.3. The number of benzene rings is 2. The maximum absolute atomic E-state index is 14.3. The number of pyridine rings is 1. The third-order valence-electron chi connectivity index (χ3n) is 4.94. The van der Waals surface area contributed by atoms with Crippen molar-refractivity contribution < 1.29 is 23.1 Å². The zero-order valence-corrected chi connectivity index (χ0v) is 18.0. The summed E-state index contributed by atoms with van der Waals surface area (Å²) in [5.41, 5.74) is -0.433. The quantitative estimate of drug-likeness (QED) is 0.463. The highest BCUT2D eigenvalue weighted by molar-refractivity contribution is 6.16. The number of nitrogens with zero attached hydrogens (tertiary/aromatic N) is 2. The van der Waals surface area contributed by atoms with Crippen molar-refractivity contribution in [3.05, 3.63) is 66.0 Å². The molecule has 164 valence electrons. The fourth-order valence-corrected chi connectivity index (χ4v) is 3.67. The van der Waals surface area contributed by atoms with Crippen LogP contribution in [-0.4, -0.2) is 34.2 Å². The van der Waals surface area contributed by atoms with Gasteiger partial charge in [-0.15, -0.1) is 0 Å². The summed E-state index contributed by atoms with van der Waals surface area (Å²) in [7, 11) is 1.40. The van der Waals surface area contributed by atoms with Gasteiger partial charge in [-0.2, -0.15) is 0 Å². The fourth-order valence-electron chi connectivity index (χ4n) is 3.67. The number of hydrogen-bond acceptors (Lipinski definition) is 4. The van der Waals surface area contributed by atoms with Gasteiger partial charge in [0.2, 0.25) is 0 Å². The first-order valence-corrected chi connectivity index (χ1v) is 9.95. The van der Waals surface area contributed by atoms with E-state index in [-0.39, 0.29) is 22.2 Å². The lowest BCUT2D eigenvalue weighted by Gasteiger charge is -2.21. The van der Waals surface area contributed by atoms with Crippen LogP contribution < -0.4 is 5.32 Å². The number of halogens is 2. The summed E-state index contributed by atoms with van der Waals surface area (Å²) < 4.78 is 35.0. The second-order valence-corrected chi connectivity index (χ2v) is 8.28. The van der Waals surface area contributed by atoms with Crippen LogP contribution in [-0.2, 0) is 4.74 Å². The molecule has 8 heteroatoms. The molecule has 6 nitrogen and oxygen atoms in total. The van der Waals surface area contributed by atoms with E-state index in [2.05, 4.69) is 10.3 Å². The van der Waals surface area contributed by atoms with Crippen LogP contribution in [0.3, 0.4) is 0 Å². The summed E-state index contributed by atoms with van der Waals surface area (Å²) in [6, 6.07) is 11.0. The number of hydrogen-bond donors (Lipinski definition) is 1. The minimum atomic E-state index is -1.15. The van der Waals surface area contributed by atoms with Gasteiger partial charge in [-0.25, -0.2) is 18.1 Å². The van der Waals surface area contributed by atoms with Crippen molar-refractivity contribution in [1.29, 1.82) is 0 Å². The van der Waals surface area contributed by atoms with Gasteiger partial charge in [0.25, 0.3) is 5.91 Å². The number of carbonyl (C=O) groups is 2. The number of carbonyl (C=O) groups excluding carboxylic acids is 2. The summed E-state index contributed by atoms with van der Waals surface area (Å²) in [5.74, 6) is -2.89. The number of ether oxygens (including phenoxy) is 1. The molecule has 4 rings (SSSR count). The van der Waals surface area contributed by atoms with E-state index < -0.39 is 29.2 Å². The van der Waals surface area contributed by atoms with Crippen molar-refractivity contribution in [3.8, 4) is 11.3 Å². The van der Waals surface area contributed by atoms with E-state index in [1.807, 2.05) is 18.2 Å². The molecule has 1 amide bonds. The topological polar surface area (TPSA) is 73.2 Å². The minimum absolute atomic E-state index is 0.00137. The van der Waals surface area contributed by atoms with E-state index in [1.165, 1.54) is 7.05 Å². The first-order valence-electron chi connectivity index (χ1n) is 9.95. The second kappa shape index (κ2) is 7.71. The molecule has 0 aliphatic carbocycles. The number of nitrogens with one attached hydrogen (secondary N) is 1. The number of amides is 1. The van der Waals surface area contributed by atoms with Crippen LogP contribution in [0.2, 0.25) is 0 Å². The van der Waals surface area contributed by atoms with Crippen LogP contribution in [0.25, 0.3) is 32.9 Å². The van der Waals surface area contributed by atoms with Gasteiger partial charge in [0, 0.05) is 35.6 Å². The van der Waals surface area contributed by atoms with Crippen molar-refractivity contribution in [2.75, 3.05) is 7.05 Å². The standard InChI is InChI=1S/C24H21F2N3O3/c1-24(2,3)32-23(31)29-18-12-17(26)16(25)11-15(18)19(21(29)22(30)27-4)20-14-8-6-5-7-13(14)9-10-28-20/h5-12H,1-4H3,(H,27,30). The average Bonchev–Trinajstić information content (AvgIpc) is 3.05. The predicted octanol–water partition coefficient (Wildman–Crippen LogP) is 5.28. The Kier molecular flexibility index (Phi) is 5.16. The van der Waals surface area contributed by atoms with Crippen LogP contribution in [0.1, 0.15) is 31.3 Å². The van der Waals surface area contributed by atoms with Gasteiger partial charge in [0.15, 0.2) is 11.6 Å². The van der Waals surface area contributed by atoms with E-state index in [0.717, 1.165) is 22.1 Å². The van der Waals surface area contributed by atoms with Gasteiger partial charge in [0.05, 0.1) is 11.2 Å². The first kappa shape index (κ1) is 21.4. The average molecular weight is 437 g/mol. The molecular weight excluding hydrogens is 416 g/mol. The highest BCUT2D eigenvalue weighted by Gasteiger charge is 2.31. The van der Waals surface area contributed by atoms with Crippen LogP contribution >= 0.6 is 0 Å². The Bertz CT molecular complexity index is 1380. The van der Waals surface area contributed by atoms with Gasteiger partial charge in [-0.05, 0) is 38.3 Å².